The maximum atomic E-state index is 11.7. The van der Waals surface area contributed by atoms with Crippen molar-refractivity contribution in [2.75, 3.05) is 6.67 Å². The van der Waals surface area contributed by atoms with Crippen molar-refractivity contribution >= 4 is 23.6 Å². The molecule has 4 amide bonds. The number of carbonyl (C=O) groups excluding carboxylic acids is 4. The Morgan fingerprint density at radius 3 is 1.58 bits per heavy atom. The predicted octanol–water partition coefficient (Wildman–Crippen LogP) is 0.246. The van der Waals surface area contributed by atoms with Gasteiger partial charge in [0.05, 0.1) is 0 Å². The zero-order valence-corrected chi connectivity index (χ0v) is 14.1. The molecule has 2 aliphatic heterocycles. The number of likely N-dealkylation sites (tertiary alicyclic amines) is 1. The van der Waals surface area contributed by atoms with Crippen LogP contribution in [0.3, 0.4) is 0 Å². The summed E-state index contributed by atoms with van der Waals surface area (Å²) in [5.41, 5.74) is 0.739. The molecule has 0 atom stereocenters. The van der Waals surface area contributed by atoms with Gasteiger partial charge in [0.15, 0.2) is 0 Å². The van der Waals surface area contributed by atoms with Crippen LogP contribution in [0.25, 0.3) is 0 Å². The molecule has 101 valence electrons. The van der Waals surface area contributed by atoms with Gasteiger partial charge in [0.1, 0.15) is 6.67 Å². The average molecular weight is 340 g/mol. The molecule has 0 bridgehead atoms. The van der Waals surface area contributed by atoms with Gasteiger partial charge in [0.25, 0.3) is 11.8 Å². The van der Waals surface area contributed by atoms with Gasteiger partial charge < -0.3 is 7.43 Å². The van der Waals surface area contributed by atoms with Crippen molar-refractivity contribution in [3.8, 4) is 0 Å². The summed E-state index contributed by atoms with van der Waals surface area (Å²) in [4.78, 5) is 48.1. The molecule has 0 unspecified atom stereocenters. The molecule has 0 saturated carbocycles. The van der Waals surface area contributed by atoms with Gasteiger partial charge in [0.2, 0.25) is 11.8 Å². The number of amides is 4. The summed E-state index contributed by atoms with van der Waals surface area (Å²) in [7, 11) is 0. The third kappa shape index (κ3) is 3.00. The first-order chi connectivity index (χ1) is 7.93. The van der Waals surface area contributed by atoms with Gasteiger partial charge in [-0.25, -0.2) is 0 Å². The first-order valence-corrected chi connectivity index (χ1v) is 5.30. The third-order valence-corrected chi connectivity index (χ3v) is 3.13. The summed E-state index contributed by atoms with van der Waals surface area (Å²) in [5.74, 6) is -1.53. The van der Waals surface area contributed by atoms with Crippen LogP contribution >= 0.6 is 0 Å². The molecule has 0 aromatic heterocycles. The predicted molar refractivity (Wildman–Crippen MR) is 62.6 cm³/mol. The van der Waals surface area contributed by atoms with Crippen molar-refractivity contribution in [3.63, 3.8) is 0 Å². The van der Waals surface area contributed by atoms with Gasteiger partial charge in [0, 0.05) is 56.7 Å². The molecule has 0 aliphatic carbocycles. The van der Waals surface area contributed by atoms with E-state index >= 15 is 0 Å². The number of hydrogen-bond acceptors (Lipinski definition) is 4. The van der Waals surface area contributed by atoms with Crippen LogP contribution in [0.2, 0.25) is 0 Å². The van der Waals surface area contributed by atoms with Crippen LogP contribution in [0, 0.1) is 7.43 Å². The van der Waals surface area contributed by atoms with Crippen LogP contribution in [0.1, 0.15) is 26.7 Å². The molecule has 0 aromatic rings. The van der Waals surface area contributed by atoms with Gasteiger partial charge in [-0.2, -0.15) is 0 Å². The van der Waals surface area contributed by atoms with Crippen LogP contribution in [0.4, 0.5) is 0 Å². The zero-order chi connectivity index (χ0) is 12.7. The van der Waals surface area contributed by atoms with E-state index in [2.05, 4.69) is 0 Å². The second-order valence-corrected chi connectivity index (χ2v) is 4.15. The number of rotatable bonds is 2. The minimum absolute atomic E-state index is 0. The standard InChI is InChI=1S/C11H12N2O4.CH3.Y/c1-6-7(2)11(17)13(10(6)16)5-12-8(14)3-4-9(12)15;;/h3-5H2,1-2H3;1H3;/q;-1;. The second kappa shape index (κ2) is 6.52. The molecule has 1 fully saturated rings. The van der Waals surface area contributed by atoms with E-state index in [1.807, 2.05) is 0 Å². The number of hydrogen-bond donors (Lipinski definition) is 0. The maximum absolute atomic E-state index is 11.7. The van der Waals surface area contributed by atoms with Crippen molar-refractivity contribution in [1.82, 2.24) is 9.80 Å². The van der Waals surface area contributed by atoms with Crippen LogP contribution in [0.15, 0.2) is 11.1 Å². The summed E-state index contributed by atoms with van der Waals surface area (Å²) in [6, 6.07) is 0. The summed E-state index contributed by atoms with van der Waals surface area (Å²) in [6.45, 7) is 2.86. The van der Waals surface area contributed by atoms with Gasteiger partial charge in [-0.1, -0.05) is 0 Å². The van der Waals surface area contributed by atoms with Crippen molar-refractivity contribution in [1.29, 1.82) is 0 Å². The Morgan fingerprint density at radius 1 is 0.842 bits per heavy atom. The Morgan fingerprint density at radius 2 is 1.21 bits per heavy atom. The van der Waals surface area contributed by atoms with Gasteiger partial charge in [-0.3, -0.25) is 29.0 Å². The minimum Gasteiger partial charge on any atom is -0.358 e. The number of imide groups is 2. The number of carbonyl (C=O) groups is 4. The molecule has 0 spiro atoms. The zero-order valence-electron chi connectivity index (χ0n) is 11.2. The third-order valence-electron chi connectivity index (χ3n) is 3.13. The molecule has 2 heterocycles. The molecule has 2 aliphatic rings. The summed E-state index contributed by atoms with van der Waals surface area (Å²) in [5, 5.41) is 0. The minimum atomic E-state index is -0.431. The fourth-order valence-electron chi connectivity index (χ4n) is 1.87. The summed E-state index contributed by atoms with van der Waals surface area (Å²) in [6.07, 6.45) is 0.306. The fraction of sp³-hybridized carbons (Fsp3) is 0.417. The van der Waals surface area contributed by atoms with Crippen molar-refractivity contribution in [2.24, 2.45) is 0 Å². The Bertz CT molecular complexity index is 444. The van der Waals surface area contributed by atoms with Gasteiger partial charge >= 0.3 is 0 Å². The van der Waals surface area contributed by atoms with E-state index in [9.17, 15) is 19.2 Å². The Hall–Kier alpha value is -0.876. The first-order valence-electron chi connectivity index (χ1n) is 5.30. The van der Waals surface area contributed by atoms with E-state index in [4.69, 9.17) is 0 Å². The Labute approximate surface area is 137 Å². The largest absolute Gasteiger partial charge is 0.358 e. The normalized spacial score (nSPS) is 19.1. The van der Waals surface area contributed by atoms with E-state index < -0.39 is 11.8 Å². The quantitative estimate of drug-likeness (QED) is 0.533. The molecule has 7 heteroatoms. The van der Waals surface area contributed by atoms with Crippen LogP contribution in [0.5, 0.6) is 0 Å². The molecule has 0 aromatic carbocycles. The average Bonchev–Trinajstić information content (AvgIpc) is 2.70. The Balaban J connectivity index is 0.00000162. The molecule has 0 N–H and O–H groups in total. The van der Waals surface area contributed by atoms with E-state index in [1.54, 1.807) is 13.8 Å². The Kier molecular flexibility index (Phi) is 6.22. The topological polar surface area (TPSA) is 74.8 Å². The summed E-state index contributed by atoms with van der Waals surface area (Å²) >= 11 is 0. The summed E-state index contributed by atoms with van der Waals surface area (Å²) < 4.78 is 0. The van der Waals surface area contributed by atoms with E-state index in [0.29, 0.717) is 11.1 Å². The van der Waals surface area contributed by atoms with E-state index in [1.165, 1.54) is 0 Å². The van der Waals surface area contributed by atoms with E-state index in [0.717, 1.165) is 9.80 Å². The van der Waals surface area contributed by atoms with E-state index in [-0.39, 0.29) is 71.5 Å². The molecular formula is C12H15N2O4Y-. The molecule has 19 heavy (non-hydrogen) atoms. The molecule has 6 nitrogen and oxygen atoms in total. The van der Waals surface area contributed by atoms with Crippen LogP contribution in [-0.4, -0.2) is 40.1 Å². The van der Waals surface area contributed by atoms with Gasteiger partial charge in [-0.05, 0) is 13.8 Å². The van der Waals surface area contributed by atoms with Crippen LogP contribution < -0.4 is 0 Å². The smallest absolute Gasteiger partial charge is 0.258 e. The number of nitrogens with zero attached hydrogens (tertiary/aromatic N) is 2. The second-order valence-electron chi connectivity index (χ2n) is 4.15. The van der Waals surface area contributed by atoms with Gasteiger partial charge in [-0.15, -0.1) is 0 Å². The SMILES string of the molecule is CC1=C(C)C(=O)N(CN2C(=O)CCC2=O)C1=O.[CH3-].[Y]. The van der Waals surface area contributed by atoms with Crippen molar-refractivity contribution in [3.05, 3.63) is 18.6 Å². The van der Waals surface area contributed by atoms with Crippen LogP contribution in [-0.2, 0) is 51.9 Å². The molecule has 1 saturated heterocycles. The monoisotopic (exact) mass is 340 g/mol. The maximum Gasteiger partial charge on any atom is 0.258 e. The molecule has 2 rings (SSSR count). The fourth-order valence-corrected chi connectivity index (χ4v) is 1.87. The van der Waals surface area contributed by atoms with Crippen molar-refractivity contribution in [2.45, 2.75) is 26.7 Å². The first kappa shape index (κ1) is 18.1. The molecule has 1 radical (unpaired) electrons. The molecular weight excluding hydrogens is 325 g/mol. The van der Waals surface area contributed by atoms with Crippen molar-refractivity contribution < 1.29 is 51.9 Å².